The molecule has 3 aliphatic rings. The molecule has 4 rings (SSSR count). The lowest BCUT2D eigenvalue weighted by Gasteiger charge is -2.45. The Morgan fingerprint density at radius 3 is 2.28 bits per heavy atom. The minimum absolute atomic E-state index is 0. The first kappa shape index (κ1) is 29.8. The van der Waals surface area contributed by atoms with Crippen LogP contribution in [0.4, 0.5) is 5.69 Å². The summed E-state index contributed by atoms with van der Waals surface area (Å²) in [6, 6.07) is 7.28. The Hall–Kier alpha value is -2.38. The van der Waals surface area contributed by atoms with Gasteiger partial charge < -0.3 is 32.2 Å². The fourth-order valence-corrected chi connectivity index (χ4v) is 5.33. The van der Waals surface area contributed by atoms with Crippen molar-refractivity contribution in [1.82, 2.24) is 4.90 Å². The fraction of sp³-hybridized carbons (Fsp3) is 0.593. The summed E-state index contributed by atoms with van der Waals surface area (Å²) < 4.78 is 5.40. The second-order valence-corrected chi connectivity index (χ2v) is 9.87. The summed E-state index contributed by atoms with van der Waals surface area (Å²) in [5, 5.41) is 2.18. The SMILES string of the molecule is C.CCC(=O)Nc1ccccc1/C(N)=C/C=C(N)N.[B]C([B])(C1CCOCC1)N1CC2CCCC2C1. The van der Waals surface area contributed by atoms with Crippen molar-refractivity contribution >= 4 is 33.0 Å². The Balaban J connectivity index is 0.000000247. The number of rotatable bonds is 6. The molecule has 1 aliphatic carbocycles. The van der Waals surface area contributed by atoms with Crippen molar-refractivity contribution in [3.05, 3.63) is 47.8 Å². The van der Waals surface area contributed by atoms with Crippen LogP contribution in [0.25, 0.3) is 5.70 Å². The number of nitrogens with one attached hydrogen (secondary N) is 1. The summed E-state index contributed by atoms with van der Waals surface area (Å²) in [7, 11) is 12.9. The normalized spacial score (nSPS) is 22.5. The van der Waals surface area contributed by atoms with Crippen molar-refractivity contribution in [2.24, 2.45) is 35.0 Å². The number of carbonyl (C=O) groups excluding carboxylic acids is 1. The van der Waals surface area contributed by atoms with E-state index in [1.54, 1.807) is 19.1 Å². The lowest BCUT2D eigenvalue weighted by Crippen LogP contribution is -2.55. The molecule has 0 bridgehead atoms. The van der Waals surface area contributed by atoms with Gasteiger partial charge in [0.25, 0.3) is 0 Å². The summed E-state index contributed by atoms with van der Waals surface area (Å²) >= 11 is 0. The van der Waals surface area contributed by atoms with E-state index in [-0.39, 0.29) is 19.2 Å². The molecule has 194 valence electrons. The van der Waals surface area contributed by atoms with E-state index in [1.807, 2.05) is 18.2 Å². The van der Waals surface area contributed by atoms with E-state index in [2.05, 4.69) is 10.2 Å². The van der Waals surface area contributed by atoms with Crippen LogP contribution in [0.2, 0.25) is 0 Å². The number of ether oxygens (including phenoxy) is 1. The number of benzene rings is 1. The highest BCUT2D eigenvalue weighted by molar-refractivity contribution is 6.40. The maximum atomic E-state index is 11.4. The van der Waals surface area contributed by atoms with Gasteiger partial charge in [-0.3, -0.25) is 4.79 Å². The number of fused-ring (bicyclic) bond motifs is 1. The van der Waals surface area contributed by atoms with Crippen LogP contribution in [-0.2, 0) is 9.53 Å². The highest BCUT2D eigenvalue weighted by Gasteiger charge is 2.43. The van der Waals surface area contributed by atoms with Gasteiger partial charge in [0.15, 0.2) is 0 Å². The molecule has 36 heavy (non-hydrogen) atoms. The van der Waals surface area contributed by atoms with Gasteiger partial charge in [0.1, 0.15) is 0 Å². The summed E-state index contributed by atoms with van der Waals surface area (Å²) in [4.78, 5) is 13.8. The van der Waals surface area contributed by atoms with E-state index in [9.17, 15) is 4.79 Å². The maximum Gasteiger partial charge on any atom is 0.224 e. The molecule has 1 saturated carbocycles. The Morgan fingerprint density at radius 1 is 1.08 bits per heavy atom. The molecule has 7 nitrogen and oxygen atoms in total. The predicted octanol–water partition coefficient (Wildman–Crippen LogP) is 2.87. The molecule has 9 heteroatoms. The lowest BCUT2D eigenvalue weighted by molar-refractivity contribution is -0.115. The molecule has 4 radical (unpaired) electrons. The first-order chi connectivity index (χ1) is 16.7. The van der Waals surface area contributed by atoms with Crippen LogP contribution in [0.15, 0.2) is 42.2 Å². The van der Waals surface area contributed by atoms with E-state index >= 15 is 0 Å². The maximum absolute atomic E-state index is 11.4. The number of hydrogen-bond donors (Lipinski definition) is 4. The van der Waals surface area contributed by atoms with Gasteiger partial charge in [-0.15, -0.1) is 0 Å². The highest BCUT2D eigenvalue weighted by atomic mass is 16.5. The molecule has 0 aromatic heterocycles. The quantitative estimate of drug-likeness (QED) is 0.359. The average Bonchev–Trinajstić information content (AvgIpc) is 3.47. The van der Waals surface area contributed by atoms with E-state index < -0.39 is 5.34 Å². The molecule has 0 spiro atoms. The molecule has 2 heterocycles. The van der Waals surface area contributed by atoms with Crippen molar-refractivity contribution in [2.45, 2.75) is 58.2 Å². The van der Waals surface area contributed by atoms with Crippen LogP contribution in [0.3, 0.4) is 0 Å². The second kappa shape index (κ2) is 13.8. The third-order valence-corrected chi connectivity index (χ3v) is 7.44. The predicted molar refractivity (Wildman–Crippen MR) is 151 cm³/mol. The fourth-order valence-electron chi connectivity index (χ4n) is 5.33. The molecule has 7 N–H and O–H groups in total. The van der Waals surface area contributed by atoms with E-state index in [0.717, 1.165) is 56.5 Å². The smallest absolute Gasteiger partial charge is 0.224 e. The topological polar surface area (TPSA) is 120 Å². The average molecular weight is 491 g/mol. The molecule has 2 aliphatic heterocycles. The van der Waals surface area contributed by atoms with Crippen molar-refractivity contribution < 1.29 is 9.53 Å². The monoisotopic (exact) mass is 491 g/mol. The van der Waals surface area contributed by atoms with E-state index in [1.165, 1.54) is 25.3 Å². The second-order valence-electron chi connectivity index (χ2n) is 9.87. The molecule has 3 fully saturated rings. The van der Waals surface area contributed by atoms with E-state index in [4.69, 9.17) is 37.6 Å². The van der Waals surface area contributed by atoms with Crippen LogP contribution >= 0.6 is 0 Å². The Labute approximate surface area is 220 Å². The first-order valence-electron chi connectivity index (χ1n) is 12.7. The Bertz CT molecular complexity index is 899. The van der Waals surface area contributed by atoms with Gasteiger partial charge >= 0.3 is 0 Å². The summed E-state index contributed by atoms with van der Waals surface area (Å²) in [6.07, 6.45) is 9.71. The van der Waals surface area contributed by atoms with E-state index in [0.29, 0.717) is 23.7 Å². The largest absolute Gasteiger partial charge is 0.398 e. The molecular formula is C27H43B2N5O2. The van der Waals surface area contributed by atoms with Crippen LogP contribution < -0.4 is 22.5 Å². The number of hydrogen-bond acceptors (Lipinski definition) is 6. The van der Waals surface area contributed by atoms with Gasteiger partial charge in [0, 0.05) is 44.0 Å². The zero-order chi connectivity index (χ0) is 25.4. The van der Waals surface area contributed by atoms with Gasteiger partial charge in [0.05, 0.1) is 27.2 Å². The number of anilines is 1. The molecular weight excluding hydrogens is 448 g/mol. The summed E-state index contributed by atoms with van der Waals surface area (Å²) in [6.45, 7) is 5.67. The van der Waals surface area contributed by atoms with Gasteiger partial charge in [0.2, 0.25) is 5.91 Å². The standard InChI is InChI=1S/C13H21B2NO.C13H18N4O.CH4/c14-13(15,12-4-6-17-7-5-12)16-8-10-2-1-3-11(10)9-16;1-2-13(18)17-11-6-4-3-5-9(11)10(14)7-8-12(15)16;/h10-12H,1-9H2;3-8H,2,14-16H2,1H3,(H,17,18);1H4/b;10-7-;. The van der Waals surface area contributed by atoms with Gasteiger partial charge in [-0.2, -0.15) is 0 Å². The van der Waals surface area contributed by atoms with Gasteiger partial charge in [-0.1, -0.05) is 44.3 Å². The van der Waals surface area contributed by atoms with Crippen LogP contribution in [-0.4, -0.2) is 58.1 Å². The van der Waals surface area contributed by atoms with Gasteiger partial charge in [-0.05, 0) is 61.7 Å². The zero-order valence-electron chi connectivity index (χ0n) is 20.9. The molecule has 2 unspecified atom stereocenters. The Kier molecular flexibility index (Phi) is 11.4. The summed E-state index contributed by atoms with van der Waals surface area (Å²) in [5.41, 5.74) is 18.5. The zero-order valence-corrected chi connectivity index (χ0v) is 20.9. The number of amides is 1. The minimum atomic E-state index is -0.603. The number of likely N-dealkylation sites (tertiary alicyclic amines) is 1. The number of nitrogens with zero attached hydrogens (tertiary/aromatic N) is 1. The van der Waals surface area contributed by atoms with Crippen LogP contribution in [0.1, 0.15) is 58.4 Å². The first-order valence-corrected chi connectivity index (χ1v) is 12.7. The van der Waals surface area contributed by atoms with Crippen molar-refractivity contribution in [3.63, 3.8) is 0 Å². The van der Waals surface area contributed by atoms with Crippen LogP contribution in [0, 0.1) is 17.8 Å². The molecule has 1 amide bonds. The number of nitrogens with two attached hydrogens (primary N) is 3. The Morgan fingerprint density at radius 2 is 1.69 bits per heavy atom. The molecule has 2 atom stereocenters. The highest BCUT2D eigenvalue weighted by Crippen LogP contribution is 2.41. The summed E-state index contributed by atoms with van der Waals surface area (Å²) in [5.74, 6) is 2.23. The van der Waals surface area contributed by atoms with Crippen molar-refractivity contribution in [1.29, 1.82) is 0 Å². The lowest BCUT2D eigenvalue weighted by atomic mass is 9.52. The van der Waals surface area contributed by atoms with Gasteiger partial charge in [-0.25, -0.2) is 0 Å². The third-order valence-electron chi connectivity index (χ3n) is 7.44. The third kappa shape index (κ3) is 7.81. The molecule has 2 saturated heterocycles. The van der Waals surface area contributed by atoms with Crippen molar-refractivity contribution in [2.75, 3.05) is 31.6 Å². The molecule has 1 aromatic rings. The van der Waals surface area contributed by atoms with Crippen LogP contribution in [0.5, 0.6) is 0 Å². The number of carbonyl (C=O) groups is 1. The number of allylic oxidation sites excluding steroid dienone is 2. The minimum Gasteiger partial charge on any atom is -0.398 e. The molecule has 1 aromatic carbocycles. The van der Waals surface area contributed by atoms with Crippen molar-refractivity contribution in [3.8, 4) is 0 Å². The number of para-hydroxylation sites is 1.